The average Bonchev–Trinajstić information content (AvgIpc) is 3.47. The number of anilines is 2. The molecule has 2 atom stereocenters. The number of allylic oxidation sites excluding steroid dienone is 5. The second-order valence-electron chi connectivity index (χ2n) is 7.35. The van der Waals surface area contributed by atoms with Crippen molar-refractivity contribution in [3.05, 3.63) is 82.4 Å². The summed E-state index contributed by atoms with van der Waals surface area (Å²) < 4.78 is 0. The Morgan fingerprint density at radius 3 is 2.12 bits per heavy atom. The Morgan fingerprint density at radius 1 is 0.879 bits per heavy atom. The molecule has 2 amide bonds. The lowest BCUT2D eigenvalue weighted by atomic mass is 9.89. The van der Waals surface area contributed by atoms with Gasteiger partial charge in [0, 0.05) is 18.4 Å². The van der Waals surface area contributed by atoms with Crippen molar-refractivity contribution in [1.29, 1.82) is 0 Å². The topological polar surface area (TPSA) is 110 Å². The molecule has 2 aromatic heterocycles. The van der Waals surface area contributed by atoms with Crippen LogP contribution in [0.1, 0.15) is 27.3 Å². The molecule has 0 bridgehead atoms. The zero-order chi connectivity index (χ0) is 23.0. The van der Waals surface area contributed by atoms with Gasteiger partial charge in [0.2, 0.25) is 16.2 Å². The number of aromatic nitrogens is 4. The summed E-state index contributed by atoms with van der Waals surface area (Å²) in [5.41, 5.74) is 0.573. The van der Waals surface area contributed by atoms with E-state index in [-0.39, 0.29) is 23.7 Å². The third-order valence-electron chi connectivity index (χ3n) is 4.89. The zero-order valence-corrected chi connectivity index (χ0v) is 19.5. The van der Waals surface area contributed by atoms with Crippen LogP contribution in [-0.4, -0.2) is 32.2 Å². The molecule has 0 saturated carbocycles. The van der Waals surface area contributed by atoms with Crippen LogP contribution in [0.25, 0.3) is 0 Å². The molecular formula is C23H22N6O2S2. The molecule has 4 rings (SSSR count). The number of rotatable bonds is 8. The maximum atomic E-state index is 12.4. The fourth-order valence-electron chi connectivity index (χ4n) is 3.13. The van der Waals surface area contributed by atoms with E-state index in [2.05, 4.69) is 31.0 Å². The summed E-state index contributed by atoms with van der Waals surface area (Å²) in [5.74, 6) is -0.333. The van der Waals surface area contributed by atoms with E-state index in [0.29, 0.717) is 28.7 Å². The van der Waals surface area contributed by atoms with Crippen LogP contribution >= 0.6 is 22.7 Å². The Balaban J connectivity index is 1.23. The van der Waals surface area contributed by atoms with Crippen molar-refractivity contribution >= 4 is 44.8 Å². The number of nitrogens with one attached hydrogen (secondary N) is 2. The van der Waals surface area contributed by atoms with Crippen LogP contribution in [0.4, 0.5) is 10.3 Å². The molecule has 168 valence electrons. The lowest BCUT2D eigenvalue weighted by Gasteiger charge is -2.18. The van der Waals surface area contributed by atoms with Crippen molar-refractivity contribution in [2.24, 2.45) is 11.8 Å². The number of hydrogen-bond donors (Lipinski definition) is 2. The van der Waals surface area contributed by atoms with Gasteiger partial charge in [-0.15, -0.1) is 20.4 Å². The first-order chi connectivity index (χ1) is 16.1. The maximum absolute atomic E-state index is 12.4. The van der Waals surface area contributed by atoms with Gasteiger partial charge < -0.3 is 0 Å². The quantitative estimate of drug-likeness (QED) is 0.467. The Hall–Kier alpha value is -3.50. The Morgan fingerprint density at radius 2 is 1.48 bits per heavy atom. The van der Waals surface area contributed by atoms with Crippen molar-refractivity contribution in [3.8, 4) is 0 Å². The first-order valence-electron chi connectivity index (χ1n) is 10.4. The minimum atomic E-state index is -0.210. The minimum Gasteiger partial charge on any atom is -0.300 e. The largest absolute Gasteiger partial charge is 0.300 e. The Bertz CT molecular complexity index is 1200. The molecule has 1 aliphatic rings. The first kappa shape index (κ1) is 22.7. The first-order valence-corrected chi connectivity index (χ1v) is 12.0. The normalized spacial score (nSPS) is 17.4. The van der Waals surface area contributed by atoms with Crippen molar-refractivity contribution in [2.75, 3.05) is 10.6 Å². The van der Waals surface area contributed by atoms with Crippen LogP contribution in [0.5, 0.6) is 0 Å². The monoisotopic (exact) mass is 478 g/mol. The SMILES string of the molecule is CC1C=CC=CC1C(=O)Nc1nnc(C/C=C\Cc2nnc(NC(=O)c3ccccc3)s2)s1. The molecule has 10 heteroatoms. The third kappa shape index (κ3) is 6.27. The van der Waals surface area contributed by atoms with E-state index in [1.165, 1.54) is 22.7 Å². The molecule has 33 heavy (non-hydrogen) atoms. The standard InChI is InChI=1S/C23H22N6O2S2/c1-15-9-5-6-12-17(15)21(31)25-23-29-27-19(33-23)14-8-7-13-18-26-28-22(32-18)24-20(30)16-10-3-2-4-11-16/h2-12,15,17H,13-14H2,1H3,(H,24,28,30)(H,25,29,31)/b8-7-. The molecule has 0 spiro atoms. The molecule has 8 nitrogen and oxygen atoms in total. The molecule has 2 unspecified atom stereocenters. The van der Waals surface area contributed by atoms with Crippen molar-refractivity contribution < 1.29 is 9.59 Å². The van der Waals surface area contributed by atoms with Crippen LogP contribution in [0, 0.1) is 11.8 Å². The van der Waals surface area contributed by atoms with Crippen molar-refractivity contribution in [1.82, 2.24) is 20.4 Å². The highest BCUT2D eigenvalue weighted by molar-refractivity contribution is 7.15. The van der Waals surface area contributed by atoms with Gasteiger partial charge in [0.1, 0.15) is 10.0 Å². The van der Waals surface area contributed by atoms with E-state index < -0.39 is 0 Å². The second-order valence-corrected chi connectivity index (χ2v) is 9.47. The van der Waals surface area contributed by atoms with Gasteiger partial charge in [-0.1, -0.05) is 84.3 Å². The van der Waals surface area contributed by atoms with E-state index in [0.717, 1.165) is 10.0 Å². The summed E-state index contributed by atoms with van der Waals surface area (Å²) in [5, 5.41) is 24.5. The van der Waals surface area contributed by atoms with Crippen molar-refractivity contribution in [2.45, 2.75) is 19.8 Å². The van der Waals surface area contributed by atoms with Gasteiger partial charge >= 0.3 is 0 Å². The predicted octanol–water partition coefficient (Wildman–Crippen LogP) is 4.30. The molecule has 1 aliphatic carbocycles. The summed E-state index contributed by atoms with van der Waals surface area (Å²) >= 11 is 2.70. The molecule has 1 aromatic carbocycles. The smallest absolute Gasteiger partial charge is 0.257 e. The van der Waals surface area contributed by atoms with E-state index in [9.17, 15) is 9.59 Å². The van der Waals surface area contributed by atoms with Gasteiger partial charge in [0.05, 0.1) is 5.92 Å². The van der Waals surface area contributed by atoms with E-state index in [4.69, 9.17) is 0 Å². The average molecular weight is 479 g/mol. The van der Waals surface area contributed by atoms with Crippen LogP contribution in [0.2, 0.25) is 0 Å². The molecular weight excluding hydrogens is 456 g/mol. The Kier molecular flexibility index (Phi) is 7.48. The lowest BCUT2D eigenvalue weighted by molar-refractivity contribution is -0.119. The highest BCUT2D eigenvalue weighted by atomic mass is 32.1. The molecule has 2 heterocycles. The van der Waals surface area contributed by atoms with Gasteiger partial charge in [0.25, 0.3) is 5.91 Å². The van der Waals surface area contributed by atoms with Gasteiger partial charge in [-0.3, -0.25) is 20.2 Å². The van der Waals surface area contributed by atoms with Gasteiger partial charge in [-0.05, 0) is 18.1 Å². The second kappa shape index (κ2) is 10.9. The van der Waals surface area contributed by atoms with E-state index in [1.54, 1.807) is 12.1 Å². The van der Waals surface area contributed by atoms with E-state index >= 15 is 0 Å². The number of carbonyl (C=O) groups excluding carboxylic acids is 2. The summed E-state index contributed by atoms with van der Waals surface area (Å²) in [4.78, 5) is 24.6. The van der Waals surface area contributed by atoms with Crippen LogP contribution < -0.4 is 10.6 Å². The van der Waals surface area contributed by atoms with Gasteiger partial charge in [-0.25, -0.2) is 0 Å². The zero-order valence-electron chi connectivity index (χ0n) is 17.8. The summed E-state index contributed by atoms with van der Waals surface area (Å²) in [6.07, 6.45) is 12.9. The number of amides is 2. The Labute approximate surface area is 199 Å². The molecule has 0 fully saturated rings. The summed E-state index contributed by atoms with van der Waals surface area (Å²) in [6.45, 7) is 2.01. The highest BCUT2D eigenvalue weighted by Gasteiger charge is 2.23. The van der Waals surface area contributed by atoms with Crippen LogP contribution in [0.3, 0.4) is 0 Å². The molecule has 2 N–H and O–H groups in total. The van der Waals surface area contributed by atoms with Crippen LogP contribution in [0.15, 0.2) is 66.8 Å². The van der Waals surface area contributed by atoms with Gasteiger partial charge in [-0.2, -0.15) is 0 Å². The van der Waals surface area contributed by atoms with Crippen LogP contribution in [-0.2, 0) is 17.6 Å². The van der Waals surface area contributed by atoms with Crippen molar-refractivity contribution in [3.63, 3.8) is 0 Å². The molecule has 3 aromatic rings. The number of carbonyl (C=O) groups is 2. The van der Waals surface area contributed by atoms with E-state index in [1.807, 2.05) is 61.6 Å². The molecule has 0 radical (unpaired) electrons. The fourth-order valence-corrected chi connectivity index (χ4v) is 4.56. The summed E-state index contributed by atoms with van der Waals surface area (Å²) in [7, 11) is 0. The third-order valence-corrected chi connectivity index (χ3v) is 6.61. The summed E-state index contributed by atoms with van der Waals surface area (Å²) in [6, 6.07) is 8.97. The molecule has 0 saturated heterocycles. The highest BCUT2D eigenvalue weighted by Crippen LogP contribution is 2.23. The minimum absolute atomic E-state index is 0.0761. The number of nitrogens with zero attached hydrogens (tertiary/aromatic N) is 4. The van der Waals surface area contributed by atoms with Gasteiger partial charge in [0.15, 0.2) is 0 Å². The molecule has 0 aliphatic heterocycles. The lowest BCUT2D eigenvalue weighted by Crippen LogP contribution is -2.26. The fraction of sp³-hybridized carbons (Fsp3) is 0.217. The predicted molar refractivity (Wildman–Crippen MR) is 130 cm³/mol. The maximum Gasteiger partial charge on any atom is 0.257 e. The number of hydrogen-bond acceptors (Lipinski definition) is 8. The number of benzene rings is 1.